The van der Waals surface area contributed by atoms with Crippen LogP contribution >= 0.6 is 0 Å². The van der Waals surface area contributed by atoms with Crippen molar-refractivity contribution in [3.63, 3.8) is 0 Å². The predicted molar refractivity (Wildman–Crippen MR) is 78.4 cm³/mol. The van der Waals surface area contributed by atoms with Crippen LogP contribution in [0.2, 0.25) is 0 Å². The summed E-state index contributed by atoms with van der Waals surface area (Å²) in [4.78, 5) is 27.2. The van der Waals surface area contributed by atoms with Gasteiger partial charge in [-0.2, -0.15) is 0 Å². The molecule has 0 spiro atoms. The number of aryl methyl sites for hydroxylation is 2. The van der Waals surface area contributed by atoms with Crippen molar-refractivity contribution in [3.8, 4) is 11.4 Å². The van der Waals surface area contributed by atoms with Crippen LogP contribution in [-0.2, 0) is 14.1 Å². The highest BCUT2D eigenvalue weighted by Gasteiger charge is 2.12. The van der Waals surface area contributed by atoms with Crippen LogP contribution in [0.25, 0.3) is 22.4 Å². The average molecular weight is 283 g/mol. The van der Waals surface area contributed by atoms with Crippen LogP contribution in [0.1, 0.15) is 10.4 Å². The highest BCUT2D eigenvalue weighted by atomic mass is 16.4. The van der Waals surface area contributed by atoms with Crippen LogP contribution in [0, 0.1) is 0 Å². The van der Waals surface area contributed by atoms with E-state index in [0.29, 0.717) is 16.9 Å². The fourth-order valence-electron chi connectivity index (χ4n) is 2.28. The number of imidazole rings is 1. The van der Waals surface area contributed by atoms with Crippen molar-refractivity contribution < 1.29 is 9.90 Å². The van der Waals surface area contributed by atoms with Crippen molar-refractivity contribution in [2.45, 2.75) is 0 Å². The molecule has 1 aromatic carbocycles. The zero-order valence-corrected chi connectivity index (χ0v) is 11.6. The van der Waals surface area contributed by atoms with Crippen LogP contribution in [0.5, 0.6) is 0 Å². The van der Waals surface area contributed by atoms with Crippen molar-refractivity contribution in [1.82, 2.24) is 14.1 Å². The number of aromatic nitrogens is 3. The summed E-state index contributed by atoms with van der Waals surface area (Å²) >= 11 is 0. The Balaban J connectivity index is 2.23. The maximum atomic E-state index is 11.7. The molecule has 0 unspecified atom stereocenters. The van der Waals surface area contributed by atoms with Gasteiger partial charge in [0.1, 0.15) is 5.82 Å². The lowest BCUT2D eigenvalue weighted by Gasteiger charge is -2.03. The largest absolute Gasteiger partial charge is 0.478 e. The topological polar surface area (TPSA) is 77.1 Å². The maximum Gasteiger partial charge on any atom is 0.335 e. The fraction of sp³-hybridized carbons (Fsp3) is 0.133. The summed E-state index contributed by atoms with van der Waals surface area (Å²) < 4.78 is 3.32. The van der Waals surface area contributed by atoms with Gasteiger partial charge in [0.15, 0.2) is 0 Å². The number of carboxylic acid groups (broad SMARTS) is 1. The summed E-state index contributed by atoms with van der Waals surface area (Å²) in [6.45, 7) is 0. The second-order valence-corrected chi connectivity index (χ2v) is 4.87. The third kappa shape index (κ3) is 2.10. The lowest BCUT2D eigenvalue weighted by molar-refractivity contribution is 0.0697. The summed E-state index contributed by atoms with van der Waals surface area (Å²) in [7, 11) is 3.52. The van der Waals surface area contributed by atoms with E-state index in [1.807, 2.05) is 11.6 Å². The van der Waals surface area contributed by atoms with E-state index in [2.05, 4.69) is 4.98 Å². The number of fused-ring (bicyclic) bond motifs is 1. The van der Waals surface area contributed by atoms with Crippen molar-refractivity contribution in [2.75, 3.05) is 0 Å². The third-order valence-electron chi connectivity index (χ3n) is 3.49. The quantitative estimate of drug-likeness (QED) is 0.775. The molecule has 0 amide bonds. The minimum Gasteiger partial charge on any atom is -0.478 e. The molecule has 106 valence electrons. The van der Waals surface area contributed by atoms with E-state index in [1.165, 1.54) is 16.7 Å². The maximum absolute atomic E-state index is 11.7. The number of nitrogens with zero attached hydrogens (tertiary/aromatic N) is 3. The normalized spacial score (nSPS) is 11.0. The Morgan fingerprint density at radius 3 is 2.62 bits per heavy atom. The predicted octanol–water partition coefficient (Wildman–Crippen LogP) is 1.64. The number of pyridine rings is 1. The molecule has 0 aliphatic heterocycles. The Bertz CT molecular complexity index is 922. The van der Waals surface area contributed by atoms with Gasteiger partial charge < -0.3 is 14.2 Å². The molecule has 3 aromatic rings. The van der Waals surface area contributed by atoms with E-state index in [-0.39, 0.29) is 11.1 Å². The zero-order chi connectivity index (χ0) is 15.1. The number of benzene rings is 1. The average Bonchev–Trinajstić information content (AvgIpc) is 2.78. The molecule has 0 saturated heterocycles. The summed E-state index contributed by atoms with van der Waals surface area (Å²) in [6, 6.07) is 8.11. The smallest absolute Gasteiger partial charge is 0.335 e. The molecule has 0 aliphatic carbocycles. The Morgan fingerprint density at radius 2 is 1.95 bits per heavy atom. The number of hydrogen-bond acceptors (Lipinski definition) is 3. The van der Waals surface area contributed by atoms with Crippen molar-refractivity contribution >= 4 is 17.0 Å². The van der Waals surface area contributed by atoms with Crippen LogP contribution in [0.4, 0.5) is 0 Å². The molecule has 0 aliphatic rings. The molecule has 0 radical (unpaired) electrons. The van der Waals surface area contributed by atoms with Crippen molar-refractivity contribution in [1.29, 1.82) is 0 Å². The summed E-state index contributed by atoms with van der Waals surface area (Å²) in [5.41, 5.74) is 2.18. The Morgan fingerprint density at radius 1 is 1.19 bits per heavy atom. The number of carboxylic acids is 1. The van der Waals surface area contributed by atoms with E-state index in [1.54, 1.807) is 31.4 Å². The second kappa shape index (κ2) is 4.59. The highest BCUT2D eigenvalue weighted by Crippen LogP contribution is 2.23. The summed E-state index contributed by atoms with van der Waals surface area (Å²) in [6.07, 6.45) is 1.68. The molecule has 0 bridgehead atoms. The molecule has 6 heteroatoms. The third-order valence-corrected chi connectivity index (χ3v) is 3.49. The van der Waals surface area contributed by atoms with E-state index in [0.717, 1.165) is 5.52 Å². The zero-order valence-electron chi connectivity index (χ0n) is 11.6. The van der Waals surface area contributed by atoms with E-state index in [9.17, 15) is 9.59 Å². The van der Waals surface area contributed by atoms with Gasteiger partial charge in [0.05, 0.1) is 16.6 Å². The summed E-state index contributed by atoms with van der Waals surface area (Å²) in [5, 5.41) is 9.03. The first-order chi connectivity index (χ1) is 9.97. The van der Waals surface area contributed by atoms with Crippen molar-refractivity contribution in [2.24, 2.45) is 14.1 Å². The van der Waals surface area contributed by atoms with E-state index >= 15 is 0 Å². The van der Waals surface area contributed by atoms with Crippen LogP contribution < -0.4 is 5.56 Å². The van der Waals surface area contributed by atoms with Gasteiger partial charge in [-0.05, 0) is 24.3 Å². The van der Waals surface area contributed by atoms with Crippen LogP contribution in [-0.4, -0.2) is 25.2 Å². The first-order valence-electron chi connectivity index (χ1n) is 6.34. The van der Waals surface area contributed by atoms with E-state index < -0.39 is 5.97 Å². The molecule has 2 heterocycles. The Kier molecular flexibility index (Phi) is 2.86. The standard InChI is InChI=1S/C15H13N3O3/c1-17-6-5-9(8-13(17)19)14-16-11-7-10(15(20)21)3-4-12(11)18(14)2/h3-8H,1-2H3,(H,20,21). The van der Waals surface area contributed by atoms with Gasteiger partial charge in [-0.15, -0.1) is 0 Å². The van der Waals surface area contributed by atoms with Gasteiger partial charge in [-0.1, -0.05) is 0 Å². The Hall–Kier alpha value is -2.89. The minimum atomic E-state index is -0.988. The molecule has 0 atom stereocenters. The summed E-state index contributed by atoms with van der Waals surface area (Å²) in [5.74, 6) is -0.358. The monoisotopic (exact) mass is 283 g/mol. The number of hydrogen-bond donors (Lipinski definition) is 1. The first kappa shape index (κ1) is 13.1. The van der Waals surface area contributed by atoms with Gasteiger partial charge >= 0.3 is 5.97 Å². The Labute approximate surface area is 119 Å². The SMILES string of the molecule is Cn1ccc(-c2nc3cc(C(=O)O)ccc3n2C)cc1=O. The second-order valence-electron chi connectivity index (χ2n) is 4.87. The number of rotatable bonds is 2. The van der Waals surface area contributed by atoms with Gasteiger partial charge in [0.2, 0.25) is 0 Å². The molecule has 0 fully saturated rings. The molecule has 3 rings (SSSR count). The molecular weight excluding hydrogens is 270 g/mol. The van der Waals surface area contributed by atoms with Crippen LogP contribution in [0.3, 0.4) is 0 Å². The van der Waals surface area contributed by atoms with Gasteiger partial charge in [0.25, 0.3) is 5.56 Å². The van der Waals surface area contributed by atoms with E-state index in [4.69, 9.17) is 5.11 Å². The molecule has 21 heavy (non-hydrogen) atoms. The molecule has 0 saturated carbocycles. The number of aromatic carboxylic acids is 1. The van der Waals surface area contributed by atoms with Gasteiger partial charge in [-0.25, -0.2) is 9.78 Å². The minimum absolute atomic E-state index is 0.120. The van der Waals surface area contributed by atoms with Crippen molar-refractivity contribution in [3.05, 3.63) is 52.4 Å². The first-order valence-corrected chi connectivity index (χ1v) is 6.34. The molecule has 2 aromatic heterocycles. The molecule has 6 nitrogen and oxygen atoms in total. The highest BCUT2D eigenvalue weighted by molar-refractivity contribution is 5.93. The van der Waals surface area contributed by atoms with Crippen LogP contribution in [0.15, 0.2) is 41.3 Å². The fourth-order valence-corrected chi connectivity index (χ4v) is 2.28. The molecule has 1 N–H and O–H groups in total. The van der Waals surface area contributed by atoms with Gasteiger partial charge in [-0.3, -0.25) is 4.79 Å². The molecular formula is C15H13N3O3. The lowest BCUT2D eigenvalue weighted by atomic mass is 10.2. The lowest BCUT2D eigenvalue weighted by Crippen LogP contribution is -2.14. The number of carbonyl (C=O) groups is 1. The van der Waals surface area contributed by atoms with Gasteiger partial charge in [0, 0.05) is 31.9 Å².